The number of nitrogens with one attached hydrogen (secondary N) is 1. The van der Waals surface area contributed by atoms with Crippen LogP contribution in [0.25, 0.3) is 0 Å². The SMILES string of the molecule is NCCNCCN.[Cl-].[Cl-].[Cu+2].c1ccncc1. The Hall–Kier alpha value is 0.129. The second-order valence-corrected chi connectivity index (χ2v) is 2.35. The van der Waals surface area contributed by atoms with E-state index in [0.29, 0.717) is 13.1 Å². The summed E-state index contributed by atoms with van der Waals surface area (Å²) in [6.45, 7) is 3.13. The van der Waals surface area contributed by atoms with Gasteiger partial charge < -0.3 is 41.6 Å². The molecule has 0 amide bonds. The fourth-order valence-electron chi connectivity index (χ4n) is 0.642. The van der Waals surface area contributed by atoms with Crippen molar-refractivity contribution in [1.82, 2.24) is 10.3 Å². The van der Waals surface area contributed by atoms with E-state index in [-0.39, 0.29) is 41.9 Å². The number of nitrogens with two attached hydrogens (primary N) is 2. The van der Waals surface area contributed by atoms with Gasteiger partial charge in [-0.1, -0.05) is 6.07 Å². The van der Waals surface area contributed by atoms with Crippen LogP contribution in [0, 0.1) is 0 Å². The Bertz CT molecular complexity index is 150. The summed E-state index contributed by atoms with van der Waals surface area (Å²) in [5, 5.41) is 3.03. The third kappa shape index (κ3) is 23.7. The van der Waals surface area contributed by atoms with Crippen LogP contribution >= 0.6 is 0 Å². The van der Waals surface area contributed by atoms with Gasteiger partial charge in [-0.05, 0) is 12.1 Å². The molecular formula is C9H18Cl2CuN4. The molecule has 0 saturated heterocycles. The molecule has 1 heterocycles. The maximum absolute atomic E-state index is 5.17. The monoisotopic (exact) mass is 315 g/mol. The van der Waals surface area contributed by atoms with E-state index in [1.807, 2.05) is 18.2 Å². The van der Waals surface area contributed by atoms with Crippen LogP contribution in [0.4, 0.5) is 0 Å². The van der Waals surface area contributed by atoms with Crippen LogP contribution in [0.5, 0.6) is 0 Å². The second-order valence-electron chi connectivity index (χ2n) is 2.35. The Morgan fingerprint density at radius 3 is 1.50 bits per heavy atom. The number of hydrogen-bond donors (Lipinski definition) is 3. The van der Waals surface area contributed by atoms with Gasteiger partial charge in [0, 0.05) is 38.6 Å². The molecule has 7 heteroatoms. The molecule has 4 nitrogen and oxygen atoms in total. The molecule has 0 spiro atoms. The topological polar surface area (TPSA) is 77.0 Å². The molecule has 99 valence electrons. The Morgan fingerprint density at radius 2 is 1.31 bits per heavy atom. The molecule has 0 aliphatic carbocycles. The molecule has 0 saturated carbocycles. The summed E-state index contributed by atoms with van der Waals surface area (Å²) in [7, 11) is 0. The van der Waals surface area contributed by atoms with Gasteiger partial charge in [-0.3, -0.25) is 4.98 Å². The average Bonchev–Trinajstić information content (AvgIpc) is 2.22. The maximum Gasteiger partial charge on any atom is 2.00 e. The molecule has 5 N–H and O–H groups in total. The summed E-state index contributed by atoms with van der Waals surface area (Å²) >= 11 is 0. The number of hydrogen-bond acceptors (Lipinski definition) is 4. The van der Waals surface area contributed by atoms with E-state index in [4.69, 9.17) is 11.5 Å². The Kier molecular flexibility index (Phi) is 38.2. The van der Waals surface area contributed by atoms with Crippen molar-refractivity contribution in [1.29, 1.82) is 0 Å². The summed E-state index contributed by atoms with van der Waals surface area (Å²) < 4.78 is 0. The minimum atomic E-state index is 0. The van der Waals surface area contributed by atoms with Gasteiger partial charge in [-0.15, -0.1) is 0 Å². The van der Waals surface area contributed by atoms with Crippen LogP contribution in [0.1, 0.15) is 0 Å². The van der Waals surface area contributed by atoms with Gasteiger partial charge in [0.15, 0.2) is 0 Å². The van der Waals surface area contributed by atoms with Crippen LogP contribution in [0.3, 0.4) is 0 Å². The van der Waals surface area contributed by atoms with Gasteiger partial charge in [0.1, 0.15) is 0 Å². The molecule has 0 aliphatic rings. The fourth-order valence-corrected chi connectivity index (χ4v) is 0.642. The van der Waals surface area contributed by atoms with Gasteiger partial charge in [0.05, 0.1) is 0 Å². The number of rotatable bonds is 4. The Balaban J connectivity index is -0.0000000760. The van der Waals surface area contributed by atoms with Gasteiger partial charge in [0.2, 0.25) is 0 Å². The van der Waals surface area contributed by atoms with Crippen molar-refractivity contribution in [2.24, 2.45) is 11.5 Å². The first kappa shape index (κ1) is 25.1. The predicted octanol–water partition coefficient (Wildman–Crippen LogP) is -6.42. The number of halogens is 2. The zero-order chi connectivity index (χ0) is 9.78. The summed E-state index contributed by atoms with van der Waals surface area (Å²) in [5.41, 5.74) is 10.3. The number of pyridine rings is 1. The van der Waals surface area contributed by atoms with Crippen molar-refractivity contribution < 1.29 is 41.9 Å². The molecule has 1 aromatic heterocycles. The molecule has 0 aromatic carbocycles. The van der Waals surface area contributed by atoms with Crippen LogP contribution in [-0.4, -0.2) is 31.2 Å². The first-order chi connectivity index (χ1) is 6.41. The Labute approximate surface area is 120 Å². The molecular weight excluding hydrogens is 299 g/mol. The quantitative estimate of drug-likeness (QED) is 0.381. The minimum absolute atomic E-state index is 0. The smallest absolute Gasteiger partial charge is 1.00 e. The summed E-state index contributed by atoms with van der Waals surface area (Å²) in [4.78, 5) is 3.78. The van der Waals surface area contributed by atoms with E-state index < -0.39 is 0 Å². The normalized spacial score (nSPS) is 7.12. The minimum Gasteiger partial charge on any atom is -1.00 e. The summed E-state index contributed by atoms with van der Waals surface area (Å²) in [6, 6.07) is 5.72. The van der Waals surface area contributed by atoms with E-state index in [1.54, 1.807) is 12.4 Å². The van der Waals surface area contributed by atoms with Crippen molar-refractivity contribution in [3.8, 4) is 0 Å². The van der Waals surface area contributed by atoms with Crippen molar-refractivity contribution in [2.75, 3.05) is 26.2 Å². The molecule has 16 heavy (non-hydrogen) atoms. The molecule has 1 radical (unpaired) electrons. The molecule has 1 aromatic rings. The van der Waals surface area contributed by atoms with Gasteiger partial charge >= 0.3 is 17.1 Å². The fraction of sp³-hybridized carbons (Fsp3) is 0.444. The first-order valence-corrected chi connectivity index (χ1v) is 4.37. The van der Waals surface area contributed by atoms with Crippen LogP contribution < -0.4 is 41.6 Å². The molecule has 0 bridgehead atoms. The summed E-state index contributed by atoms with van der Waals surface area (Å²) in [5.74, 6) is 0. The molecule has 0 fully saturated rings. The van der Waals surface area contributed by atoms with E-state index in [1.165, 1.54) is 0 Å². The third-order valence-corrected chi connectivity index (χ3v) is 1.21. The van der Waals surface area contributed by atoms with Gasteiger partial charge in [0.25, 0.3) is 0 Å². The van der Waals surface area contributed by atoms with Crippen LogP contribution in [0.15, 0.2) is 30.6 Å². The molecule has 1 rings (SSSR count). The summed E-state index contributed by atoms with van der Waals surface area (Å²) in [6.07, 6.45) is 3.50. The standard InChI is InChI=1S/C5H5N.C4H13N3.2ClH.Cu/c1-2-4-6-5-3-1;5-1-3-7-4-2-6;;;/h1-5H;7H,1-6H2;2*1H;/q;;;;+2/p-2. The van der Waals surface area contributed by atoms with Gasteiger partial charge in [-0.2, -0.15) is 0 Å². The van der Waals surface area contributed by atoms with E-state index in [9.17, 15) is 0 Å². The van der Waals surface area contributed by atoms with Crippen molar-refractivity contribution in [2.45, 2.75) is 0 Å². The number of nitrogens with zero attached hydrogens (tertiary/aromatic N) is 1. The maximum atomic E-state index is 5.17. The molecule has 0 unspecified atom stereocenters. The average molecular weight is 317 g/mol. The largest absolute Gasteiger partial charge is 2.00 e. The molecule has 0 atom stereocenters. The zero-order valence-corrected chi connectivity index (χ0v) is 11.3. The predicted molar refractivity (Wildman–Crippen MR) is 55.2 cm³/mol. The van der Waals surface area contributed by atoms with Crippen molar-refractivity contribution in [3.05, 3.63) is 30.6 Å². The van der Waals surface area contributed by atoms with E-state index >= 15 is 0 Å². The second kappa shape index (κ2) is 24.4. The van der Waals surface area contributed by atoms with E-state index in [0.717, 1.165) is 13.1 Å². The van der Waals surface area contributed by atoms with Crippen molar-refractivity contribution in [3.63, 3.8) is 0 Å². The van der Waals surface area contributed by atoms with Crippen LogP contribution in [0.2, 0.25) is 0 Å². The first-order valence-electron chi connectivity index (χ1n) is 4.37. The van der Waals surface area contributed by atoms with Crippen LogP contribution in [-0.2, 0) is 17.1 Å². The van der Waals surface area contributed by atoms with E-state index in [2.05, 4.69) is 10.3 Å². The third-order valence-electron chi connectivity index (χ3n) is 1.21. The molecule has 0 aliphatic heterocycles. The zero-order valence-electron chi connectivity index (χ0n) is 8.87. The van der Waals surface area contributed by atoms with Crippen molar-refractivity contribution >= 4 is 0 Å². The number of aromatic nitrogens is 1. The Morgan fingerprint density at radius 1 is 0.875 bits per heavy atom. The van der Waals surface area contributed by atoms with Gasteiger partial charge in [-0.25, -0.2) is 0 Å².